The average molecular weight is 311 g/mol. The van der Waals surface area contributed by atoms with Gasteiger partial charge in [-0.3, -0.25) is 0 Å². The Morgan fingerprint density at radius 1 is 1.11 bits per heavy atom. The van der Waals surface area contributed by atoms with Crippen LogP contribution in [-0.2, 0) is 13.3 Å². The van der Waals surface area contributed by atoms with Gasteiger partial charge in [-0.1, -0.05) is 0 Å². The first-order valence-electron chi connectivity index (χ1n) is 6.66. The standard InChI is InChI=1S/C10H30N4O3Si2/c1-15-19(16-2,17-3)10-4-8-14(18-12)9-7-13-6-5-11/h13H,4-12,18H2,1-3H3. The molecule has 0 atom stereocenters. The van der Waals surface area contributed by atoms with Crippen LogP contribution >= 0.6 is 0 Å². The van der Waals surface area contributed by atoms with Gasteiger partial charge in [0.2, 0.25) is 0 Å². The molecular weight excluding hydrogens is 280 g/mol. The number of nitrogens with two attached hydrogens (primary N) is 2. The fraction of sp³-hybridized carbons (Fsp3) is 1.00. The summed E-state index contributed by atoms with van der Waals surface area (Å²) < 4.78 is 18.5. The van der Waals surface area contributed by atoms with Gasteiger partial charge in [-0.05, 0) is 13.0 Å². The maximum absolute atomic E-state index is 5.86. The fourth-order valence-corrected chi connectivity index (χ4v) is 4.28. The summed E-state index contributed by atoms with van der Waals surface area (Å²) >= 11 is 0. The summed E-state index contributed by atoms with van der Waals surface area (Å²) in [7, 11) is 1.87. The normalized spacial score (nSPS) is 12.9. The largest absolute Gasteiger partial charge is 0.500 e. The molecule has 0 saturated carbocycles. The molecule has 0 unspecified atom stereocenters. The first kappa shape index (κ1) is 19.2. The summed E-state index contributed by atoms with van der Waals surface area (Å²) in [4.78, 5) is 0. The predicted molar refractivity (Wildman–Crippen MR) is 82.4 cm³/mol. The summed E-state index contributed by atoms with van der Waals surface area (Å²) in [6.07, 6.45) is 0.975. The van der Waals surface area contributed by atoms with E-state index >= 15 is 0 Å². The zero-order valence-electron chi connectivity index (χ0n) is 12.5. The van der Waals surface area contributed by atoms with Crippen molar-refractivity contribution < 1.29 is 13.3 Å². The lowest BCUT2D eigenvalue weighted by atomic mass is 10.4. The van der Waals surface area contributed by atoms with Gasteiger partial charge in [0.15, 0.2) is 9.84 Å². The molecule has 116 valence electrons. The van der Waals surface area contributed by atoms with Gasteiger partial charge >= 0.3 is 8.80 Å². The first-order valence-corrected chi connectivity index (χ1v) is 10.0. The second-order valence-corrected chi connectivity index (χ2v) is 8.59. The molecule has 5 N–H and O–H groups in total. The lowest BCUT2D eigenvalue weighted by molar-refractivity contribution is 0.122. The van der Waals surface area contributed by atoms with E-state index in [4.69, 9.17) is 24.4 Å². The molecule has 0 aromatic heterocycles. The van der Waals surface area contributed by atoms with E-state index < -0.39 is 18.6 Å². The van der Waals surface area contributed by atoms with Crippen LogP contribution in [-0.4, -0.2) is 77.3 Å². The van der Waals surface area contributed by atoms with Crippen molar-refractivity contribution in [2.45, 2.75) is 12.5 Å². The van der Waals surface area contributed by atoms with Gasteiger partial charge in [0.05, 0.1) is 0 Å². The van der Waals surface area contributed by atoms with Gasteiger partial charge in [0.25, 0.3) is 0 Å². The van der Waals surface area contributed by atoms with E-state index in [-0.39, 0.29) is 0 Å². The van der Waals surface area contributed by atoms with Crippen molar-refractivity contribution in [3.63, 3.8) is 0 Å². The monoisotopic (exact) mass is 310 g/mol. The van der Waals surface area contributed by atoms with E-state index in [2.05, 4.69) is 9.88 Å². The molecule has 0 aliphatic rings. The Kier molecular flexibility index (Phi) is 12.0. The van der Waals surface area contributed by atoms with Crippen molar-refractivity contribution in [2.24, 2.45) is 11.1 Å². The molecule has 0 heterocycles. The number of nitrogens with one attached hydrogen (secondary N) is 1. The van der Waals surface area contributed by atoms with Crippen LogP contribution in [0, 0.1) is 0 Å². The second kappa shape index (κ2) is 11.9. The summed E-state index contributed by atoms with van der Waals surface area (Å²) in [5, 5.41) is 9.14. The molecule has 0 amide bonds. The van der Waals surface area contributed by atoms with Crippen molar-refractivity contribution >= 4 is 18.6 Å². The van der Waals surface area contributed by atoms with E-state index in [1.807, 2.05) is 0 Å². The topological polar surface area (TPSA) is 95.0 Å². The van der Waals surface area contributed by atoms with Crippen molar-refractivity contribution in [3.8, 4) is 0 Å². The van der Waals surface area contributed by atoms with Crippen LogP contribution in [0.1, 0.15) is 6.42 Å². The Bertz CT molecular complexity index is 203. The predicted octanol–water partition coefficient (Wildman–Crippen LogP) is -1.94. The SMILES string of the molecule is CO[Si](CCCN(CCNCCN)[SiH2]N)(OC)OC. The molecule has 0 aromatic rings. The quantitative estimate of drug-likeness (QED) is 0.269. The van der Waals surface area contributed by atoms with Crippen molar-refractivity contribution in [1.82, 2.24) is 9.88 Å². The highest BCUT2D eigenvalue weighted by atomic mass is 28.4. The van der Waals surface area contributed by atoms with Crippen LogP contribution in [0.15, 0.2) is 0 Å². The van der Waals surface area contributed by atoms with Gasteiger partial charge < -0.3 is 34.3 Å². The van der Waals surface area contributed by atoms with Gasteiger partial charge in [0, 0.05) is 53.6 Å². The molecule has 9 heteroatoms. The van der Waals surface area contributed by atoms with Gasteiger partial charge in [0.1, 0.15) is 0 Å². The summed E-state index contributed by atoms with van der Waals surface area (Å²) in [6.45, 7) is 4.40. The smallest absolute Gasteiger partial charge is 0.377 e. The highest BCUT2D eigenvalue weighted by molar-refractivity contribution is 6.60. The lowest BCUT2D eigenvalue weighted by Gasteiger charge is -2.26. The van der Waals surface area contributed by atoms with Crippen molar-refractivity contribution in [3.05, 3.63) is 0 Å². The maximum Gasteiger partial charge on any atom is 0.500 e. The second-order valence-electron chi connectivity index (χ2n) is 4.24. The molecule has 0 aliphatic heterocycles. The van der Waals surface area contributed by atoms with Crippen LogP contribution in [0.2, 0.25) is 6.04 Å². The Hall–Kier alpha value is 0.154. The molecule has 0 bridgehead atoms. The number of rotatable bonds is 13. The molecule has 0 aromatic carbocycles. The molecule has 19 heavy (non-hydrogen) atoms. The molecule has 0 radical (unpaired) electrons. The number of nitrogens with zero attached hydrogens (tertiary/aromatic N) is 1. The Morgan fingerprint density at radius 2 is 1.74 bits per heavy atom. The lowest BCUT2D eigenvalue weighted by Crippen LogP contribution is -2.44. The third kappa shape index (κ3) is 8.12. The molecular formula is C10H30N4O3Si2. The van der Waals surface area contributed by atoms with Crippen LogP contribution in [0.25, 0.3) is 0 Å². The highest BCUT2D eigenvalue weighted by Gasteiger charge is 2.36. The Balaban J connectivity index is 3.87. The first-order chi connectivity index (χ1) is 9.17. The maximum atomic E-state index is 5.86. The molecule has 0 rings (SSSR count). The minimum atomic E-state index is -2.43. The highest BCUT2D eigenvalue weighted by Crippen LogP contribution is 2.14. The average Bonchev–Trinajstić information content (AvgIpc) is 2.46. The summed E-state index contributed by atoms with van der Waals surface area (Å²) in [5.74, 6) is 0. The Morgan fingerprint density at radius 3 is 2.21 bits per heavy atom. The van der Waals surface area contributed by atoms with Crippen LogP contribution in [0.4, 0.5) is 0 Å². The van der Waals surface area contributed by atoms with E-state index in [1.165, 1.54) is 0 Å². The molecule has 0 aliphatic carbocycles. The van der Waals surface area contributed by atoms with E-state index in [9.17, 15) is 0 Å². The van der Waals surface area contributed by atoms with Crippen molar-refractivity contribution in [2.75, 3.05) is 54.1 Å². The van der Waals surface area contributed by atoms with E-state index in [0.29, 0.717) is 6.54 Å². The van der Waals surface area contributed by atoms with Crippen LogP contribution in [0.3, 0.4) is 0 Å². The summed E-state index contributed by atoms with van der Waals surface area (Å²) in [6, 6.07) is 0.817. The van der Waals surface area contributed by atoms with Gasteiger partial charge in [-0.2, -0.15) is 0 Å². The zero-order chi connectivity index (χ0) is 14.6. The van der Waals surface area contributed by atoms with Crippen LogP contribution in [0.5, 0.6) is 0 Å². The number of hydrogen-bond acceptors (Lipinski definition) is 7. The third-order valence-electron chi connectivity index (χ3n) is 3.07. The molecule has 0 saturated heterocycles. The fourth-order valence-electron chi connectivity index (χ4n) is 1.83. The Labute approximate surface area is 120 Å². The van der Waals surface area contributed by atoms with Crippen LogP contribution < -0.4 is 16.4 Å². The number of hydrogen-bond donors (Lipinski definition) is 3. The van der Waals surface area contributed by atoms with E-state index in [0.717, 1.165) is 38.6 Å². The van der Waals surface area contributed by atoms with Crippen molar-refractivity contribution in [1.29, 1.82) is 0 Å². The minimum Gasteiger partial charge on any atom is -0.377 e. The van der Waals surface area contributed by atoms with Gasteiger partial charge in [-0.25, -0.2) is 0 Å². The minimum absolute atomic E-state index is 0.634. The van der Waals surface area contributed by atoms with E-state index in [1.54, 1.807) is 21.3 Å². The zero-order valence-corrected chi connectivity index (χ0v) is 14.9. The molecule has 0 fully saturated rings. The molecule has 7 nitrogen and oxygen atoms in total. The van der Waals surface area contributed by atoms with Gasteiger partial charge in [-0.15, -0.1) is 0 Å². The summed E-state index contributed by atoms with van der Waals surface area (Å²) in [5.41, 5.74) is 5.42. The third-order valence-corrected chi connectivity index (χ3v) is 7.06. The molecule has 0 spiro atoms.